The number of nitrogens with zero attached hydrogens (tertiary/aromatic N) is 1. The molecule has 5 nitrogen and oxygen atoms in total. The monoisotopic (exact) mass is 456 g/mol. The average molecular weight is 457 g/mol. The van der Waals surface area contributed by atoms with Crippen molar-refractivity contribution < 1.29 is 9.53 Å². The fourth-order valence-corrected chi connectivity index (χ4v) is 5.76. The molecule has 2 aromatic carbocycles. The van der Waals surface area contributed by atoms with Crippen LogP contribution in [0.3, 0.4) is 0 Å². The highest BCUT2D eigenvalue weighted by atomic mass is 16.5. The second-order valence-electron chi connectivity index (χ2n) is 9.78. The standard InChI is InChI=1S/C29H32N2O3/c1-19-14-22(25-7-5-4-6-21(25)9-8-20(2)32)10-11-24(19)27-16-30-13-12-29(27)26-15-28(33)31(3)17-23(26)18-34-29/h4-7,10-11,14-15,17,27,30H,8-9,12-13,16,18H2,1-3H3/t27?,29-/m0/s1. The first-order valence-electron chi connectivity index (χ1n) is 12.1. The maximum Gasteiger partial charge on any atom is 0.250 e. The Morgan fingerprint density at radius 1 is 1.21 bits per heavy atom. The van der Waals surface area contributed by atoms with Crippen LogP contribution in [0.4, 0.5) is 0 Å². The van der Waals surface area contributed by atoms with E-state index < -0.39 is 5.60 Å². The van der Waals surface area contributed by atoms with Gasteiger partial charge in [0.2, 0.25) is 0 Å². The van der Waals surface area contributed by atoms with Crippen LogP contribution in [-0.2, 0) is 35.2 Å². The maximum atomic E-state index is 12.5. The van der Waals surface area contributed by atoms with Gasteiger partial charge < -0.3 is 19.4 Å². The molecule has 0 amide bonds. The molecule has 5 heteroatoms. The summed E-state index contributed by atoms with van der Waals surface area (Å²) in [4.78, 5) is 24.1. The van der Waals surface area contributed by atoms with Crippen molar-refractivity contribution in [3.63, 3.8) is 0 Å². The number of ketones is 1. The van der Waals surface area contributed by atoms with E-state index in [1.807, 2.05) is 12.3 Å². The molecule has 3 aromatic rings. The Bertz CT molecular complexity index is 1310. The SMILES string of the molecule is CC(=O)CCc1ccccc1-c1ccc(C2CNCC[C@@]23OCc2cn(C)c(=O)cc23)c(C)c1. The summed E-state index contributed by atoms with van der Waals surface area (Å²) in [7, 11) is 1.80. The molecule has 0 radical (unpaired) electrons. The summed E-state index contributed by atoms with van der Waals surface area (Å²) >= 11 is 0. The van der Waals surface area contributed by atoms with Gasteiger partial charge in [-0.05, 0) is 66.6 Å². The van der Waals surface area contributed by atoms with E-state index in [0.29, 0.717) is 13.0 Å². The minimum absolute atomic E-state index is 0.00939. The Labute approximate surface area is 200 Å². The molecule has 1 unspecified atom stereocenters. The number of aryl methyl sites for hydroxylation is 3. The van der Waals surface area contributed by atoms with Gasteiger partial charge in [-0.25, -0.2) is 0 Å². The molecule has 2 aliphatic heterocycles. The van der Waals surface area contributed by atoms with E-state index in [9.17, 15) is 9.59 Å². The number of carbonyl (C=O) groups is 1. The van der Waals surface area contributed by atoms with Crippen molar-refractivity contribution in [2.75, 3.05) is 13.1 Å². The second kappa shape index (κ2) is 8.97. The fraction of sp³-hybridized carbons (Fsp3) is 0.379. The number of benzene rings is 2. The normalized spacial score (nSPS) is 21.6. The lowest BCUT2D eigenvalue weighted by molar-refractivity contribution is -0.116. The highest BCUT2D eigenvalue weighted by Crippen LogP contribution is 2.50. The Balaban J connectivity index is 1.53. The van der Waals surface area contributed by atoms with Crippen molar-refractivity contribution in [2.24, 2.45) is 7.05 Å². The van der Waals surface area contributed by atoms with Gasteiger partial charge in [-0.3, -0.25) is 4.79 Å². The molecular weight excluding hydrogens is 424 g/mol. The number of nitrogens with one attached hydrogen (secondary N) is 1. The summed E-state index contributed by atoms with van der Waals surface area (Å²) in [6.07, 6.45) is 4.08. The summed E-state index contributed by atoms with van der Waals surface area (Å²) in [5, 5.41) is 3.56. The third-order valence-corrected chi connectivity index (χ3v) is 7.56. The van der Waals surface area contributed by atoms with Crippen molar-refractivity contribution in [2.45, 2.75) is 51.2 Å². The molecule has 0 aliphatic carbocycles. The molecule has 2 aliphatic rings. The third kappa shape index (κ3) is 3.93. The quantitative estimate of drug-likeness (QED) is 0.619. The minimum atomic E-state index is -0.473. The zero-order chi connectivity index (χ0) is 23.9. The number of hydrogen-bond acceptors (Lipinski definition) is 4. The topological polar surface area (TPSA) is 60.3 Å². The van der Waals surface area contributed by atoms with Gasteiger partial charge in [-0.15, -0.1) is 0 Å². The number of aromatic nitrogens is 1. The fourth-order valence-electron chi connectivity index (χ4n) is 5.76. The van der Waals surface area contributed by atoms with Gasteiger partial charge in [0.15, 0.2) is 0 Å². The Morgan fingerprint density at radius 3 is 2.82 bits per heavy atom. The third-order valence-electron chi connectivity index (χ3n) is 7.56. The van der Waals surface area contributed by atoms with E-state index in [1.165, 1.54) is 27.8 Å². The van der Waals surface area contributed by atoms with Crippen LogP contribution in [0, 0.1) is 6.92 Å². The summed E-state index contributed by atoms with van der Waals surface area (Å²) in [6, 6.07) is 16.8. The van der Waals surface area contributed by atoms with Gasteiger partial charge in [-0.2, -0.15) is 0 Å². The molecule has 1 N–H and O–H groups in total. The van der Waals surface area contributed by atoms with Gasteiger partial charge in [0.25, 0.3) is 5.56 Å². The van der Waals surface area contributed by atoms with E-state index in [4.69, 9.17) is 4.74 Å². The van der Waals surface area contributed by atoms with Crippen LogP contribution in [0.25, 0.3) is 11.1 Å². The second-order valence-corrected chi connectivity index (χ2v) is 9.78. The molecule has 2 atom stereocenters. The number of rotatable bonds is 5. The molecule has 1 spiro atoms. The van der Waals surface area contributed by atoms with Crippen molar-refractivity contribution in [3.8, 4) is 11.1 Å². The highest BCUT2D eigenvalue weighted by Gasteiger charge is 2.49. The van der Waals surface area contributed by atoms with Crippen LogP contribution in [0.5, 0.6) is 0 Å². The minimum Gasteiger partial charge on any atom is -0.365 e. The van der Waals surface area contributed by atoms with Crippen LogP contribution in [-0.4, -0.2) is 23.4 Å². The van der Waals surface area contributed by atoms with Crippen molar-refractivity contribution >= 4 is 5.78 Å². The van der Waals surface area contributed by atoms with Crippen LogP contribution >= 0.6 is 0 Å². The molecule has 1 fully saturated rings. The molecule has 1 aromatic heterocycles. The lowest BCUT2D eigenvalue weighted by Crippen LogP contribution is -2.47. The average Bonchev–Trinajstić information content (AvgIpc) is 3.16. The Hall–Kier alpha value is -3.02. The molecule has 5 rings (SSSR count). The molecule has 3 heterocycles. The number of ether oxygens (including phenoxy) is 1. The smallest absolute Gasteiger partial charge is 0.250 e. The Kier molecular flexibility index (Phi) is 6.00. The maximum absolute atomic E-state index is 12.5. The van der Waals surface area contributed by atoms with Crippen LogP contribution in [0.2, 0.25) is 0 Å². The van der Waals surface area contributed by atoms with Crippen LogP contribution < -0.4 is 10.9 Å². The molecule has 34 heavy (non-hydrogen) atoms. The first-order chi connectivity index (χ1) is 16.4. The van der Waals surface area contributed by atoms with E-state index in [1.54, 1.807) is 24.6 Å². The molecule has 1 saturated heterocycles. The summed E-state index contributed by atoms with van der Waals surface area (Å²) in [5.74, 6) is 0.333. The van der Waals surface area contributed by atoms with Gasteiger partial charge in [0.1, 0.15) is 11.4 Å². The predicted molar refractivity (Wildman–Crippen MR) is 134 cm³/mol. The summed E-state index contributed by atoms with van der Waals surface area (Å²) in [6.45, 7) is 6.03. The first kappa shape index (κ1) is 22.8. The lowest BCUT2D eigenvalue weighted by atomic mass is 9.72. The van der Waals surface area contributed by atoms with E-state index in [2.05, 4.69) is 48.6 Å². The number of Topliss-reactive ketones (excluding diaryl/α,β-unsaturated/α-hetero) is 1. The summed E-state index contributed by atoms with van der Waals surface area (Å²) < 4.78 is 8.19. The van der Waals surface area contributed by atoms with E-state index >= 15 is 0 Å². The number of carbonyl (C=O) groups excluding carboxylic acids is 1. The number of piperidine rings is 1. The van der Waals surface area contributed by atoms with E-state index in [-0.39, 0.29) is 17.3 Å². The predicted octanol–water partition coefficient (Wildman–Crippen LogP) is 4.38. The van der Waals surface area contributed by atoms with Crippen molar-refractivity contribution in [1.29, 1.82) is 0 Å². The number of hydrogen-bond donors (Lipinski definition) is 1. The molecule has 0 saturated carbocycles. The highest BCUT2D eigenvalue weighted by molar-refractivity contribution is 5.76. The van der Waals surface area contributed by atoms with Crippen molar-refractivity contribution in [1.82, 2.24) is 9.88 Å². The lowest BCUT2D eigenvalue weighted by Gasteiger charge is -2.42. The number of fused-ring (bicyclic) bond motifs is 2. The van der Waals surface area contributed by atoms with Gasteiger partial charge in [0.05, 0.1) is 6.61 Å². The molecular formula is C29H32N2O3. The molecule has 0 bridgehead atoms. The number of pyridine rings is 1. The zero-order valence-corrected chi connectivity index (χ0v) is 20.2. The van der Waals surface area contributed by atoms with Gasteiger partial charge in [-0.1, -0.05) is 42.5 Å². The van der Waals surface area contributed by atoms with Crippen molar-refractivity contribution in [3.05, 3.63) is 92.9 Å². The van der Waals surface area contributed by atoms with E-state index in [0.717, 1.165) is 37.1 Å². The first-order valence-corrected chi connectivity index (χ1v) is 12.1. The largest absolute Gasteiger partial charge is 0.365 e. The molecule has 176 valence electrons. The van der Waals surface area contributed by atoms with Gasteiger partial charge in [0, 0.05) is 43.8 Å². The zero-order valence-electron chi connectivity index (χ0n) is 20.2. The Morgan fingerprint density at radius 2 is 2.03 bits per heavy atom. The summed E-state index contributed by atoms with van der Waals surface area (Å²) in [5.41, 5.74) is 7.72. The van der Waals surface area contributed by atoms with Crippen LogP contribution in [0.15, 0.2) is 59.5 Å². The van der Waals surface area contributed by atoms with Crippen LogP contribution in [0.1, 0.15) is 53.5 Å². The van der Waals surface area contributed by atoms with Gasteiger partial charge >= 0.3 is 0 Å².